The minimum absolute atomic E-state index is 0.581. The second-order valence-corrected chi connectivity index (χ2v) is 9.31. The summed E-state index contributed by atoms with van der Waals surface area (Å²) >= 11 is 8.45. The fraction of sp³-hybridized carbons (Fsp3) is 0.333. The average Bonchev–Trinajstić information content (AvgIpc) is 3.34. The van der Waals surface area contributed by atoms with Crippen molar-refractivity contribution in [3.63, 3.8) is 0 Å². The summed E-state index contributed by atoms with van der Waals surface area (Å²) in [6.07, 6.45) is 4.95. The van der Waals surface area contributed by atoms with Crippen molar-refractivity contribution < 1.29 is 0 Å². The molecule has 30 heavy (non-hydrogen) atoms. The first kappa shape index (κ1) is 19.5. The van der Waals surface area contributed by atoms with E-state index in [1.807, 2.05) is 45.4 Å². The molecule has 0 bridgehead atoms. The van der Waals surface area contributed by atoms with E-state index in [-0.39, 0.29) is 0 Å². The molecule has 0 amide bonds. The molecular formula is C21H22ClN7S. The topological polar surface area (TPSA) is 71.2 Å². The van der Waals surface area contributed by atoms with E-state index in [0.717, 1.165) is 53.2 Å². The summed E-state index contributed by atoms with van der Waals surface area (Å²) in [5.74, 6) is 0. The van der Waals surface area contributed by atoms with E-state index in [0.29, 0.717) is 21.6 Å². The number of pyridine rings is 2. The molecule has 1 atom stereocenters. The van der Waals surface area contributed by atoms with Crippen LogP contribution in [0.4, 0.5) is 5.69 Å². The highest BCUT2D eigenvalue weighted by Crippen LogP contribution is 2.32. The molecule has 9 heteroatoms. The second-order valence-electron chi connectivity index (χ2n) is 7.60. The van der Waals surface area contributed by atoms with Gasteiger partial charge in [-0.15, -0.1) is 0 Å². The monoisotopic (exact) mass is 439 g/mol. The van der Waals surface area contributed by atoms with Crippen molar-refractivity contribution >= 4 is 45.9 Å². The first-order valence-electron chi connectivity index (χ1n) is 9.89. The van der Waals surface area contributed by atoms with Gasteiger partial charge in [0.2, 0.25) is 0 Å². The van der Waals surface area contributed by atoms with Crippen LogP contribution in [0.2, 0.25) is 5.02 Å². The zero-order valence-corrected chi connectivity index (χ0v) is 18.6. The van der Waals surface area contributed by atoms with Crippen LogP contribution in [0.25, 0.3) is 28.1 Å². The Labute approximate surface area is 184 Å². The van der Waals surface area contributed by atoms with Crippen molar-refractivity contribution in [3.8, 4) is 11.4 Å². The molecular weight excluding hydrogens is 418 g/mol. The van der Waals surface area contributed by atoms with Crippen LogP contribution in [0.15, 0.2) is 30.6 Å². The molecule has 0 aromatic carbocycles. The summed E-state index contributed by atoms with van der Waals surface area (Å²) in [4.78, 5) is 16.2. The van der Waals surface area contributed by atoms with Crippen molar-refractivity contribution in [3.05, 3.63) is 46.9 Å². The van der Waals surface area contributed by atoms with Gasteiger partial charge in [-0.25, -0.2) is 19.5 Å². The summed E-state index contributed by atoms with van der Waals surface area (Å²) < 4.78 is 4.99. The van der Waals surface area contributed by atoms with Crippen molar-refractivity contribution in [2.24, 2.45) is 0 Å². The van der Waals surface area contributed by atoms with E-state index in [1.165, 1.54) is 0 Å². The molecule has 4 aromatic rings. The molecule has 5 rings (SSSR count). The van der Waals surface area contributed by atoms with E-state index in [4.69, 9.17) is 16.6 Å². The van der Waals surface area contributed by atoms with Gasteiger partial charge in [0.25, 0.3) is 0 Å². The first-order valence-corrected chi connectivity index (χ1v) is 11.2. The first-order chi connectivity index (χ1) is 14.5. The Morgan fingerprint density at radius 1 is 1.17 bits per heavy atom. The van der Waals surface area contributed by atoms with Crippen LogP contribution in [0, 0.1) is 13.8 Å². The predicted molar refractivity (Wildman–Crippen MR) is 123 cm³/mol. The van der Waals surface area contributed by atoms with E-state index in [9.17, 15) is 0 Å². The van der Waals surface area contributed by atoms with Crippen LogP contribution >= 0.6 is 23.5 Å². The number of aryl methyl sites for hydroxylation is 2. The number of hydrogen-bond donors (Lipinski definition) is 1. The van der Waals surface area contributed by atoms with Gasteiger partial charge in [-0.05, 0) is 51.1 Å². The molecule has 4 aromatic heterocycles. The second kappa shape index (κ2) is 7.68. The quantitative estimate of drug-likeness (QED) is 0.481. The smallest absolute Gasteiger partial charge is 0.161 e. The van der Waals surface area contributed by atoms with Crippen molar-refractivity contribution in [1.82, 2.24) is 29.3 Å². The third kappa shape index (κ3) is 3.49. The number of anilines is 1. The molecule has 154 valence electrons. The van der Waals surface area contributed by atoms with Crippen molar-refractivity contribution in [1.29, 1.82) is 0 Å². The lowest BCUT2D eigenvalue weighted by atomic mass is 10.2. The van der Waals surface area contributed by atoms with Gasteiger partial charge in [0.05, 0.1) is 34.5 Å². The Morgan fingerprint density at radius 2 is 2.03 bits per heavy atom. The molecule has 0 saturated carbocycles. The van der Waals surface area contributed by atoms with E-state index >= 15 is 0 Å². The summed E-state index contributed by atoms with van der Waals surface area (Å²) in [7, 11) is 1.97. The largest absolute Gasteiger partial charge is 0.369 e. The van der Waals surface area contributed by atoms with E-state index in [2.05, 4.69) is 30.8 Å². The minimum atomic E-state index is 0.581. The van der Waals surface area contributed by atoms with Crippen LogP contribution in [-0.4, -0.2) is 50.0 Å². The van der Waals surface area contributed by atoms with Crippen LogP contribution in [0.3, 0.4) is 0 Å². The fourth-order valence-corrected chi connectivity index (χ4v) is 5.01. The van der Waals surface area contributed by atoms with Crippen LogP contribution < -0.4 is 9.62 Å². The van der Waals surface area contributed by atoms with Crippen molar-refractivity contribution in [2.45, 2.75) is 25.5 Å². The lowest BCUT2D eigenvalue weighted by molar-refractivity contribution is 0.929. The van der Waals surface area contributed by atoms with Crippen LogP contribution in [0.1, 0.15) is 17.7 Å². The number of fused-ring (bicyclic) bond motifs is 2. The Morgan fingerprint density at radius 3 is 2.87 bits per heavy atom. The van der Waals surface area contributed by atoms with Gasteiger partial charge in [-0.2, -0.15) is 5.10 Å². The van der Waals surface area contributed by atoms with Crippen LogP contribution in [-0.2, 0) is 0 Å². The van der Waals surface area contributed by atoms with E-state index in [1.54, 1.807) is 16.5 Å². The normalized spacial score (nSPS) is 16.8. The molecule has 1 fully saturated rings. The van der Waals surface area contributed by atoms with Gasteiger partial charge in [0.15, 0.2) is 11.3 Å². The lowest BCUT2D eigenvalue weighted by Gasteiger charge is -2.18. The summed E-state index contributed by atoms with van der Waals surface area (Å²) in [6.45, 7) is 5.99. The number of rotatable bonds is 4. The fourth-order valence-electron chi connectivity index (χ4n) is 3.96. The number of halogens is 1. The number of aromatic nitrogens is 5. The maximum Gasteiger partial charge on any atom is 0.161 e. The lowest BCUT2D eigenvalue weighted by Crippen LogP contribution is -2.21. The van der Waals surface area contributed by atoms with E-state index < -0.39 is 0 Å². The number of hydrogen-bond acceptors (Lipinski definition) is 7. The maximum atomic E-state index is 6.67. The Balaban J connectivity index is 1.52. The molecule has 7 nitrogen and oxygen atoms in total. The van der Waals surface area contributed by atoms with Gasteiger partial charge in [-0.1, -0.05) is 23.5 Å². The van der Waals surface area contributed by atoms with Gasteiger partial charge in [0.1, 0.15) is 5.69 Å². The molecule has 1 saturated heterocycles. The molecule has 1 aliphatic heterocycles. The third-order valence-corrected chi connectivity index (χ3v) is 6.65. The molecule has 1 unspecified atom stereocenters. The molecule has 5 heterocycles. The average molecular weight is 440 g/mol. The standard InChI is InChI=1S/C21H22ClN7S/c1-12-6-19(27-29-10-13(2)25-21(12)29)18-8-17(22)16-7-14(9-24-20(16)26-18)28-5-4-15(11-28)30-23-3/h6-10,15,23H,4-5,11H2,1-3H3. The van der Waals surface area contributed by atoms with Gasteiger partial charge in [-0.3, -0.25) is 4.72 Å². The molecule has 1 N–H and O–H groups in total. The third-order valence-electron chi connectivity index (χ3n) is 5.39. The van der Waals surface area contributed by atoms with Gasteiger partial charge < -0.3 is 4.90 Å². The van der Waals surface area contributed by atoms with Crippen LogP contribution in [0.5, 0.6) is 0 Å². The number of nitrogens with zero attached hydrogens (tertiary/aromatic N) is 6. The molecule has 1 aliphatic rings. The maximum absolute atomic E-state index is 6.67. The van der Waals surface area contributed by atoms with Gasteiger partial charge in [0, 0.05) is 23.7 Å². The predicted octanol–water partition coefficient (Wildman–Crippen LogP) is 4.06. The molecule has 0 radical (unpaired) electrons. The molecule has 0 spiro atoms. The van der Waals surface area contributed by atoms with Gasteiger partial charge >= 0.3 is 0 Å². The Hall–Kier alpha value is -2.42. The number of imidazole rings is 1. The van der Waals surface area contributed by atoms with Crippen molar-refractivity contribution in [2.75, 3.05) is 25.0 Å². The Kier molecular flexibility index (Phi) is 5.00. The Bertz CT molecular complexity index is 1260. The zero-order valence-electron chi connectivity index (χ0n) is 17.1. The summed E-state index contributed by atoms with van der Waals surface area (Å²) in [6, 6.07) is 5.95. The minimum Gasteiger partial charge on any atom is -0.369 e. The highest BCUT2D eigenvalue weighted by atomic mass is 35.5. The SMILES string of the molecule is CNSC1CCN(c2cnc3nc(-c4cc(C)c5nc(C)cn5n4)cc(Cl)c3c2)C1. The highest BCUT2D eigenvalue weighted by Gasteiger charge is 2.23. The number of nitrogens with one attached hydrogen (secondary N) is 1. The summed E-state index contributed by atoms with van der Waals surface area (Å²) in [5.41, 5.74) is 5.99. The summed E-state index contributed by atoms with van der Waals surface area (Å²) in [5, 5.41) is 6.74. The zero-order chi connectivity index (χ0) is 20.8. The molecule has 0 aliphatic carbocycles. The highest BCUT2D eigenvalue weighted by molar-refractivity contribution is 7.98.